The molecule has 0 radical (unpaired) electrons. The first-order valence-corrected chi connectivity index (χ1v) is 5.58. The van der Waals surface area contributed by atoms with E-state index in [1.165, 1.54) is 0 Å². The number of aromatic nitrogens is 2. The molecule has 1 heterocycles. The van der Waals surface area contributed by atoms with E-state index in [2.05, 4.69) is 9.97 Å². The molecule has 0 amide bonds. The van der Waals surface area contributed by atoms with Crippen molar-refractivity contribution in [1.29, 1.82) is 0 Å². The van der Waals surface area contributed by atoms with Gasteiger partial charge < -0.3 is 5.32 Å². The lowest BCUT2D eigenvalue weighted by Crippen LogP contribution is -2.10. The van der Waals surface area contributed by atoms with E-state index in [9.17, 15) is 26.3 Å². The number of halogens is 7. The fourth-order valence-corrected chi connectivity index (χ4v) is 1.60. The van der Waals surface area contributed by atoms with Gasteiger partial charge in [-0.3, -0.25) is 0 Å². The van der Waals surface area contributed by atoms with Crippen LogP contribution in [-0.4, -0.2) is 9.97 Å². The van der Waals surface area contributed by atoms with Crippen molar-refractivity contribution >= 4 is 23.1 Å². The van der Waals surface area contributed by atoms with Crippen molar-refractivity contribution in [1.82, 2.24) is 9.97 Å². The Balaban J connectivity index is 2.43. The zero-order valence-electron chi connectivity index (χ0n) is 9.77. The summed E-state index contributed by atoms with van der Waals surface area (Å²) >= 11 is 5.32. The summed E-state index contributed by atoms with van der Waals surface area (Å²) in [5.74, 6) is -4.44. The summed E-state index contributed by atoms with van der Waals surface area (Å²) in [6.07, 6.45) is -4.82. The number of anilines is 2. The molecule has 0 unspecified atom stereocenters. The summed E-state index contributed by atoms with van der Waals surface area (Å²) in [5, 5.41) is 1.20. The average Bonchev–Trinajstić information content (AvgIpc) is 2.32. The molecule has 21 heavy (non-hydrogen) atoms. The Bertz CT molecular complexity index is 665. The van der Waals surface area contributed by atoms with E-state index in [1.54, 1.807) is 0 Å². The SMILES string of the molecule is Fc1cc(F)c(Nc2cc(C(F)(F)F)nc(Cl)n2)c(F)c1. The van der Waals surface area contributed by atoms with Crippen LogP contribution >= 0.6 is 11.6 Å². The Morgan fingerprint density at radius 1 is 0.952 bits per heavy atom. The lowest BCUT2D eigenvalue weighted by Gasteiger charge is -2.11. The maximum Gasteiger partial charge on any atom is 0.433 e. The highest BCUT2D eigenvalue weighted by Gasteiger charge is 2.33. The Kier molecular flexibility index (Phi) is 3.95. The van der Waals surface area contributed by atoms with Crippen molar-refractivity contribution < 1.29 is 26.3 Å². The molecule has 1 N–H and O–H groups in total. The van der Waals surface area contributed by atoms with Crippen molar-refractivity contribution in [2.24, 2.45) is 0 Å². The molecule has 1 aromatic carbocycles. The second-order valence-corrected chi connectivity index (χ2v) is 4.11. The summed E-state index contributed by atoms with van der Waals surface area (Å²) < 4.78 is 77.1. The van der Waals surface area contributed by atoms with Crippen LogP contribution in [0.5, 0.6) is 0 Å². The Morgan fingerprint density at radius 2 is 1.52 bits per heavy atom. The molecule has 10 heteroatoms. The largest absolute Gasteiger partial charge is 0.433 e. The zero-order valence-corrected chi connectivity index (χ0v) is 10.5. The summed E-state index contributed by atoms with van der Waals surface area (Å²) in [7, 11) is 0. The first kappa shape index (κ1) is 15.4. The molecule has 1 aromatic heterocycles. The Morgan fingerprint density at radius 3 is 2.05 bits per heavy atom. The normalized spacial score (nSPS) is 11.6. The molecule has 0 spiro atoms. The second-order valence-electron chi connectivity index (χ2n) is 3.77. The smallest absolute Gasteiger partial charge is 0.335 e. The maximum absolute atomic E-state index is 13.4. The van der Waals surface area contributed by atoms with Gasteiger partial charge >= 0.3 is 6.18 Å². The monoisotopic (exact) mass is 327 g/mol. The molecule has 0 saturated carbocycles. The molecule has 0 bridgehead atoms. The third kappa shape index (κ3) is 3.54. The summed E-state index contributed by atoms with van der Waals surface area (Å²) in [6, 6.07) is 1.13. The van der Waals surface area contributed by atoms with Crippen molar-refractivity contribution in [3.05, 3.63) is 46.6 Å². The van der Waals surface area contributed by atoms with Gasteiger partial charge in [-0.25, -0.2) is 23.1 Å². The number of nitrogens with zero attached hydrogens (tertiary/aromatic N) is 2. The molecule has 2 rings (SSSR count). The van der Waals surface area contributed by atoms with Gasteiger partial charge in [0.05, 0.1) is 0 Å². The minimum atomic E-state index is -4.82. The van der Waals surface area contributed by atoms with Gasteiger partial charge in [0.15, 0.2) is 17.3 Å². The molecule has 0 fully saturated rings. The first-order valence-electron chi connectivity index (χ1n) is 5.20. The molecule has 0 aliphatic rings. The van der Waals surface area contributed by atoms with Gasteiger partial charge in [0.25, 0.3) is 0 Å². The van der Waals surface area contributed by atoms with E-state index in [1.807, 2.05) is 5.32 Å². The van der Waals surface area contributed by atoms with Gasteiger partial charge in [-0.1, -0.05) is 0 Å². The van der Waals surface area contributed by atoms with Crippen molar-refractivity contribution in [2.75, 3.05) is 5.32 Å². The number of rotatable bonds is 2. The van der Waals surface area contributed by atoms with Crippen molar-refractivity contribution in [2.45, 2.75) is 6.18 Å². The highest BCUT2D eigenvalue weighted by atomic mass is 35.5. The van der Waals surface area contributed by atoms with Crippen LogP contribution in [0.2, 0.25) is 5.28 Å². The van der Waals surface area contributed by atoms with Crippen molar-refractivity contribution in [3.63, 3.8) is 0 Å². The standard InChI is InChI=1S/C11H4ClF6N3/c12-10-19-7(11(16,17)18)3-8(21-10)20-9-5(14)1-4(13)2-6(9)15/h1-3H,(H,19,20,21). The summed E-state index contributed by atoms with van der Waals surface area (Å²) in [4.78, 5) is 6.31. The van der Waals surface area contributed by atoms with E-state index in [4.69, 9.17) is 11.6 Å². The molecule has 0 aliphatic heterocycles. The third-order valence-corrected chi connectivity index (χ3v) is 2.42. The van der Waals surface area contributed by atoms with Gasteiger partial charge in [0.2, 0.25) is 5.28 Å². The predicted molar refractivity (Wildman–Crippen MR) is 61.6 cm³/mol. The van der Waals surface area contributed by atoms with Crippen LogP contribution in [0.3, 0.4) is 0 Å². The van der Waals surface area contributed by atoms with E-state index in [0.717, 1.165) is 0 Å². The summed E-state index contributed by atoms with van der Waals surface area (Å²) in [5.41, 5.74) is -2.26. The Hall–Kier alpha value is -2.03. The summed E-state index contributed by atoms with van der Waals surface area (Å²) in [6.45, 7) is 0. The number of alkyl halides is 3. The molecule has 0 atom stereocenters. The van der Waals surface area contributed by atoms with Gasteiger partial charge in [-0.15, -0.1) is 0 Å². The fourth-order valence-electron chi connectivity index (χ4n) is 1.42. The second kappa shape index (κ2) is 5.40. The minimum absolute atomic E-state index is 0.360. The highest BCUT2D eigenvalue weighted by Crippen LogP contribution is 2.31. The van der Waals surface area contributed by atoms with Crippen LogP contribution in [0, 0.1) is 17.5 Å². The van der Waals surface area contributed by atoms with Gasteiger partial charge in [0, 0.05) is 18.2 Å². The van der Waals surface area contributed by atoms with E-state index < -0.39 is 46.1 Å². The lowest BCUT2D eigenvalue weighted by atomic mass is 10.2. The number of hydrogen-bond donors (Lipinski definition) is 1. The minimum Gasteiger partial charge on any atom is -0.335 e. The van der Waals surface area contributed by atoms with Gasteiger partial charge in [-0.2, -0.15) is 13.2 Å². The molecule has 0 saturated heterocycles. The molecule has 0 aliphatic carbocycles. The average molecular weight is 328 g/mol. The van der Waals surface area contributed by atoms with Crippen LogP contribution in [0.1, 0.15) is 5.69 Å². The molecule has 2 aromatic rings. The highest BCUT2D eigenvalue weighted by molar-refractivity contribution is 6.28. The number of nitrogens with one attached hydrogen (secondary N) is 1. The van der Waals surface area contributed by atoms with Crippen LogP contribution in [0.25, 0.3) is 0 Å². The number of benzene rings is 1. The third-order valence-electron chi connectivity index (χ3n) is 2.25. The maximum atomic E-state index is 13.4. The lowest BCUT2D eigenvalue weighted by molar-refractivity contribution is -0.141. The van der Waals surface area contributed by atoms with E-state index in [-0.39, 0.29) is 0 Å². The van der Waals surface area contributed by atoms with E-state index in [0.29, 0.717) is 18.2 Å². The zero-order chi connectivity index (χ0) is 15.8. The molecular weight excluding hydrogens is 324 g/mol. The predicted octanol–water partition coefficient (Wildman–Crippen LogP) is 4.31. The van der Waals surface area contributed by atoms with Gasteiger partial charge in [0.1, 0.15) is 17.3 Å². The van der Waals surface area contributed by atoms with Gasteiger partial charge in [-0.05, 0) is 11.6 Å². The van der Waals surface area contributed by atoms with Crippen LogP contribution < -0.4 is 5.32 Å². The quantitative estimate of drug-likeness (QED) is 0.660. The molecule has 112 valence electrons. The molecule has 3 nitrogen and oxygen atoms in total. The van der Waals surface area contributed by atoms with Crippen molar-refractivity contribution in [3.8, 4) is 0 Å². The van der Waals surface area contributed by atoms with Crippen LogP contribution in [0.4, 0.5) is 37.8 Å². The van der Waals surface area contributed by atoms with E-state index >= 15 is 0 Å². The Labute approximate surface area is 118 Å². The first-order chi connectivity index (χ1) is 9.66. The fraction of sp³-hybridized carbons (Fsp3) is 0.0909. The molecular formula is C11H4ClF6N3. The topological polar surface area (TPSA) is 37.8 Å². The number of hydrogen-bond acceptors (Lipinski definition) is 3. The van der Waals surface area contributed by atoms with Crippen LogP contribution in [0.15, 0.2) is 18.2 Å². The van der Waals surface area contributed by atoms with Crippen LogP contribution in [-0.2, 0) is 6.18 Å².